The highest BCUT2D eigenvalue weighted by Crippen LogP contribution is 2.15. The van der Waals surface area contributed by atoms with Gasteiger partial charge in [-0.3, -0.25) is 9.59 Å². The van der Waals surface area contributed by atoms with Crippen LogP contribution in [-0.4, -0.2) is 24.6 Å². The molecule has 1 atom stereocenters. The fourth-order valence-electron chi connectivity index (χ4n) is 2.16. The van der Waals surface area contributed by atoms with Crippen molar-refractivity contribution in [3.05, 3.63) is 0 Å². The average molecular weight is 300 g/mol. The Balaban J connectivity index is 4.06. The van der Waals surface area contributed by atoms with Crippen molar-refractivity contribution in [3.8, 4) is 0 Å². The van der Waals surface area contributed by atoms with E-state index >= 15 is 0 Å². The summed E-state index contributed by atoms with van der Waals surface area (Å²) in [5, 5.41) is 0. The number of ether oxygens (including phenoxy) is 2. The summed E-state index contributed by atoms with van der Waals surface area (Å²) in [5.41, 5.74) is 0. The van der Waals surface area contributed by atoms with Crippen LogP contribution in [0, 0.1) is 0 Å². The van der Waals surface area contributed by atoms with Crippen LogP contribution in [0.4, 0.5) is 0 Å². The quantitative estimate of drug-likeness (QED) is 0.373. The zero-order valence-electron chi connectivity index (χ0n) is 14.0. The number of rotatable bonds is 13. The summed E-state index contributed by atoms with van der Waals surface area (Å²) < 4.78 is 10.5. The lowest BCUT2D eigenvalue weighted by molar-refractivity contribution is -0.150. The molecule has 0 aromatic carbocycles. The van der Waals surface area contributed by atoms with Crippen molar-refractivity contribution in [1.29, 1.82) is 0 Å². The molecule has 0 saturated heterocycles. The molecule has 0 aromatic heterocycles. The molecule has 4 heteroatoms. The maximum Gasteiger partial charge on any atom is 0.306 e. The van der Waals surface area contributed by atoms with Gasteiger partial charge in [-0.25, -0.2) is 0 Å². The summed E-state index contributed by atoms with van der Waals surface area (Å²) in [4.78, 5) is 23.0. The van der Waals surface area contributed by atoms with Crippen LogP contribution in [0.15, 0.2) is 0 Å². The van der Waals surface area contributed by atoms with Crippen molar-refractivity contribution in [3.63, 3.8) is 0 Å². The van der Waals surface area contributed by atoms with Gasteiger partial charge in [-0.05, 0) is 39.0 Å². The molecule has 0 saturated carbocycles. The topological polar surface area (TPSA) is 52.6 Å². The largest absolute Gasteiger partial charge is 0.466 e. The van der Waals surface area contributed by atoms with E-state index in [1.165, 1.54) is 0 Å². The minimum atomic E-state index is -0.165. The highest BCUT2D eigenvalue weighted by molar-refractivity contribution is 5.70. The van der Waals surface area contributed by atoms with Crippen molar-refractivity contribution in [1.82, 2.24) is 0 Å². The van der Waals surface area contributed by atoms with Gasteiger partial charge in [0.05, 0.1) is 6.61 Å². The van der Waals surface area contributed by atoms with Crippen molar-refractivity contribution in [2.45, 2.75) is 91.1 Å². The van der Waals surface area contributed by atoms with Gasteiger partial charge in [0.2, 0.25) is 0 Å². The molecule has 0 amide bonds. The fourth-order valence-corrected chi connectivity index (χ4v) is 2.16. The Bertz CT molecular complexity index is 276. The van der Waals surface area contributed by atoms with Crippen molar-refractivity contribution in [2.24, 2.45) is 0 Å². The number of carbonyl (C=O) groups is 2. The number of unbranched alkanes of at least 4 members (excludes halogenated alkanes) is 3. The third-order valence-electron chi connectivity index (χ3n) is 3.37. The Morgan fingerprint density at radius 3 is 2.05 bits per heavy atom. The average Bonchev–Trinajstić information content (AvgIpc) is 2.45. The second kappa shape index (κ2) is 13.9. The first-order chi connectivity index (χ1) is 10.1. The maximum absolute atomic E-state index is 11.7. The zero-order valence-corrected chi connectivity index (χ0v) is 14.0. The molecule has 0 radical (unpaired) electrons. The number of hydrogen-bond acceptors (Lipinski definition) is 4. The molecule has 0 bridgehead atoms. The van der Waals surface area contributed by atoms with Crippen LogP contribution in [-0.2, 0) is 19.1 Å². The molecule has 4 nitrogen and oxygen atoms in total. The van der Waals surface area contributed by atoms with E-state index in [-0.39, 0.29) is 18.0 Å². The van der Waals surface area contributed by atoms with Gasteiger partial charge in [-0.15, -0.1) is 0 Å². The number of esters is 2. The summed E-state index contributed by atoms with van der Waals surface area (Å²) in [6.45, 7) is 6.44. The van der Waals surface area contributed by atoms with Gasteiger partial charge < -0.3 is 9.47 Å². The zero-order chi connectivity index (χ0) is 15.9. The summed E-state index contributed by atoms with van der Waals surface area (Å²) in [5.74, 6) is -0.267. The van der Waals surface area contributed by atoms with Crippen molar-refractivity contribution >= 4 is 11.9 Å². The molecule has 21 heavy (non-hydrogen) atoms. The molecule has 0 aliphatic carbocycles. The van der Waals surface area contributed by atoms with Gasteiger partial charge in [0, 0.05) is 12.8 Å². The minimum absolute atomic E-state index is 0.0460. The van der Waals surface area contributed by atoms with Gasteiger partial charge in [0.25, 0.3) is 0 Å². The van der Waals surface area contributed by atoms with Crippen molar-refractivity contribution < 1.29 is 19.1 Å². The molecule has 124 valence electrons. The summed E-state index contributed by atoms with van der Waals surface area (Å²) in [6, 6.07) is 0. The molecule has 0 aromatic rings. The molecule has 0 aliphatic heterocycles. The van der Waals surface area contributed by atoms with Crippen LogP contribution in [0.2, 0.25) is 0 Å². The van der Waals surface area contributed by atoms with Gasteiger partial charge in [-0.2, -0.15) is 0 Å². The van der Waals surface area contributed by atoms with Crippen LogP contribution in [0.5, 0.6) is 0 Å². The van der Waals surface area contributed by atoms with Crippen LogP contribution in [0.25, 0.3) is 0 Å². The van der Waals surface area contributed by atoms with E-state index in [9.17, 15) is 9.59 Å². The molecular weight excluding hydrogens is 268 g/mol. The SMILES string of the molecule is CCCCCC(CCCC(=O)OCC)OC(=O)CCCC. The van der Waals surface area contributed by atoms with Gasteiger partial charge in [0.1, 0.15) is 6.10 Å². The Hall–Kier alpha value is -1.06. The molecule has 0 spiro atoms. The first-order valence-corrected chi connectivity index (χ1v) is 8.49. The molecule has 0 aliphatic rings. The molecular formula is C17H32O4. The fraction of sp³-hybridized carbons (Fsp3) is 0.882. The highest BCUT2D eigenvalue weighted by atomic mass is 16.5. The smallest absolute Gasteiger partial charge is 0.306 e. The molecule has 0 heterocycles. The normalized spacial score (nSPS) is 12.0. The van der Waals surface area contributed by atoms with E-state index in [2.05, 4.69) is 13.8 Å². The predicted molar refractivity (Wildman–Crippen MR) is 84.0 cm³/mol. The second-order valence-corrected chi connectivity index (χ2v) is 5.41. The standard InChI is InChI=1S/C17H32O4/c1-4-7-9-11-15(21-17(19)13-8-5-2)12-10-14-16(18)20-6-3/h15H,4-14H2,1-3H3. The lowest BCUT2D eigenvalue weighted by Crippen LogP contribution is -2.19. The lowest BCUT2D eigenvalue weighted by Gasteiger charge is -2.17. The van der Waals surface area contributed by atoms with Crippen LogP contribution in [0.1, 0.15) is 85.0 Å². The predicted octanol–water partition coefficient (Wildman–Crippen LogP) is 4.40. The number of hydrogen-bond donors (Lipinski definition) is 0. The van der Waals surface area contributed by atoms with Crippen LogP contribution >= 0.6 is 0 Å². The minimum Gasteiger partial charge on any atom is -0.466 e. The summed E-state index contributed by atoms with van der Waals surface area (Å²) >= 11 is 0. The summed E-state index contributed by atoms with van der Waals surface area (Å²) in [7, 11) is 0. The second-order valence-electron chi connectivity index (χ2n) is 5.41. The van der Waals surface area contributed by atoms with E-state index in [1.807, 2.05) is 0 Å². The first-order valence-electron chi connectivity index (χ1n) is 8.49. The Morgan fingerprint density at radius 1 is 0.810 bits per heavy atom. The third-order valence-corrected chi connectivity index (χ3v) is 3.37. The van der Waals surface area contributed by atoms with E-state index in [4.69, 9.17) is 9.47 Å². The van der Waals surface area contributed by atoms with E-state index < -0.39 is 0 Å². The van der Waals surface area contributed by atoms with Gasteiger partial charge in [-0.1, -0.05) is 33.1 Å². The van der Waals surface area contributed by atoms with Crippen molar-refractivity contribution in [2.75, 3.05) is 6.61 Å². The molecule has 0 N–H and O–H groups in total. The third kappa shape index (κ3) is 12.4. The van der Waals surface area contributed by atoms with Gasteiger partial charge in [0.15, 0.2) is 0 Å². The maximum atomic E-state index is 11.7. The molecule has 0 fully saturated rings. The number of carbonyl (C=O) groups excluding carboxylic acids is 2. The van der Waals surface area contributed by atoms with Gasteiger partial charge >= 0.3 is 11.9 Å². The first kappa shape index (κ1) is 19.9. The van der Waals surface area contributed by atoms with Crippen LogP contribution < -0.4 is 0 Å². The lowest BCUT2D eigenvalue weighted by atomic mass is 10.0. The van der Waals surface area contributed by atoms with Crippen LogP contribution in [0.3, 0.4) is 0 Å². The molecule has 1 unspecified atom stereocenters. The van der Waals surface area contributed by atoms with E-state index in [1.54, 1.807) is 6.92 Å². The Morgan fingerprint density at radius 2 is 1.43 bits per heavy atom. The Labute approximate surface area is 129 Å². The van der Waals surface area contributed by atoms with E-state index in [0.717, 1.165) is 51.4 Å². The Kier molecular flexibility index (Phi) is 13.2. The monoisotopic (exact) mass is 300 g/mol. The summed E-state index contributed by atoms with van der Waals surface area (Å²) in [6.07, 6.45) is 8.48. The molecule has 0 rings (SSSR count). The van der Waals surface area contributed by atoms with E-state index in [0.29, 0.717) is 19.4 Å². The highest BCUT2D eigenvalue weighted by Gasteiger charge is 2.15.